The summed E-state index contributed by atoms with van der Waals surface area (Å²) in [5.41, 5.74) is 3.82. The van der Waals surface area contributed by atoms with Crippen molar-refractivity contribution in [2.75, 3.05) is 13.2 Å². The van der Waals surface area contributed by atoms with Crippen LogP contribution in [-0.2, 0) is 11.3 Å². The van der Waals surface area contributed by atoms with Gasteiger partial charge in [0.25, 0.3) is 0 Å². The van der Waals surface area contributed by atoms with Gasteiger partial charge >= 0.3 is 0 Å². The van der Waals surface area contributed by atoms with Crippen LogP contribution in [0.3, 0.4) is 0 Å². The second kappa shape index (κ2) is 8.06. The summed E-state index contributed by atoms with van der Waals surface area (Å²) < 4.78 is 11.3. The Balaban J connectivity index is 1.63. The molecule has 0 aromatic heterocycles. The van der Waals surface area contributed by atoms with Gasteiger partial charge in [-0.2, -0.15) is 0 Å². The second-order valence-electron chi connectivity index (χ2n) is 5.14. The van der Waals surface area contributed by atoms with Gasteiger partial charge in [0.05, 0.1) is 19.8 Å². The number of halogens is 1. The molecule has 0 spiro atoms. The summed E-state index contributed by atoms with van der Waals surface area (Å²) >= 11 is 5.82. The van der Waals surface area contributed by atoms with Crippen molar-refractivity contribution in [2.45, 2.75) is 26.9 Å². The Morgan fingerprint density at radius 2 is 1.71 bits per heavy atom. The maximum Gasteiger partial charge on any atom is 0.119 e. The number of aryl methyl sites for hydroxylation is 2. The molecule has 0 bridgehead atoms. The van der Waals surface area contributed by atoms with Crippen molar-refractivity contribution in [3.05, 3.63) is 64.2 Å². The molecule has 2 aromatic carbocycles. The molecule has 21 heavy (non-hydrogen) atoms. The van der Waals surface area contributed by atoms with Crippen molar-refractivity contribution < 1.29 is 9.47 Å². The summed E-state index contributed by atoms with van der Waals surface area (Å²) in [4.78, 5) is 0. The first-order valence-corrected chi connectivity index (χ1v) is 7.55. The zero-order chi connectivity index (χ0) is 15.1. The molecule has 0 saturated carbocycles. The topological polar surface area (TPSA) is 18.5 Å². The van der Waals surface area contributed by atoms with Crippen LogP contribution in [0, 0.1) is 13.8 Å². The Bertz CT molecular complexity index is 564. The van der Waals surface area contributed by atoms with Gasteiger partial charge in [0.15, 0.2) is 0 Å². The van der Waals surface area contributed by atoms with Crippen LogP contribution in [0.4, 0.5) is 0 Å². The largest absolute Gasteiger partial charge is 0.494 e. The Labute approximate surface area is 131 Å². The van der Waals surface area contributed by atoms with Crippen LogP contribution in [0.2, 0.25) is 5.02 Å². The van der Waals surface area contributed by atoms with Gasteiger partial charge in [-0.05, 0) is 49.2 Å². The van der Waals surface area contributed by atoms with Crippen molar-refractivity contribution in [1.82, 2.24) is 0 Å². The zero-order valence-electron chi connectivity index (χ0n) is 12.6. The third-order valence-corrected chi connectivity index (χ3v) is 3.52. The first-order valence-electron chi connectivity index (χ1n) is 7.17. The number of ether oxygens (including phenoxy) is 2. The fourth-order valence-corrected chi connectivity index (χ4v) is 2.20. The predicted molar refractivity (Wildman–Crippen MR) is 87.1 cm³/mol. The fraction of sp³-hybridized carbons (Fsp3) is 0.333. The van der Waals surface area contributed by atoms with Crippen LogP contribution in [0.5, 0.6) is 5.75 Å². The summed E-state index contributed by atoms with van der Waals surface area (Å²) in [7, 11) is 0. The Morgan fingerprint density at radius 3 is 2.43 bits per heavy atom. The van der Waals surface area contributed by atoms with E-state index in [1.165, 1.54) is 16.7 Å². The third kappa shape index (κ3) is 5.41. The standard InChI is InChI=1S/C18H21ClO2/c1-14-4-5-16(15(2)12-14)13-20-10-3-11-21-18-8-6-17(19)7-9-18/h4-9,12H,3,10-11,13H2,1-2H3. The Hall–Kier alpha value is -1.51. The number of hydrogen-bond acceptors (Lipinski definition) is 2. The highest BCUT2D eigenvalue weighted by molar-refractivity contribution is 6.30. The van der Waals surface area contributed by atoms with Gasteiger partial charge in [0.1, 0.15) is 5.75 Å². The first-order chi connectivity index (χ1) is 10.1. The molecule has 3 heteroatoms. The summed E-state index contributed by atoms with van der Waals surface area (Å²) in [6.07, 6.45) is 0.869. The monoisotopic (exact) mass is 304 g/mol. The minimum absolute atomic E-state index is 0.647. The van der Waals surface area contributed by atoms with Crippen LogP contribution in [0.1, 0.15) is 23.1 Å². The average Bonchev–Trinajstić information content (AvgIpc) is 2.46. The molecule has 0 unspecified atom stereocenters. The number of benzene rings is 2. The van der Waals surface area contributed by atoms with Gasteiger partial charge in [-0.3, -0.25) is 0 Å². The molecule has 0 aliphatic rings. The average molecular weight is 305 g/mol. The molecular formula is C18H21ClO2. The fourth-order valence-electron chi connectivity index (χ4n) is 2.07. The van der Waals surface area contributed by atoms with E-state index < -0.39 is 0 Å². The van der Waals surface area contributed by atoms with Crippen LogP contribution in [0.15, 0.2) is 42.5 Å². The zero-order valence-corrected chi connectivity index (χ0v) is 13.3. The molecule has 0 fully saturated rings. The van der Waals surface area contributed by atoms with Gasteiger partial charge in [-0.1, -0.05) is 35.4 Å². The predicted octanol–water partition coefficient (Wildman–Crippen LogP) is 4.94. The molecule has 0 atom stereocenters. The minimum atomic E-state index is 0.647. The normalized spacial score (nSPS) is 10.6. The number of hydrogen-bond donors (Lipinski definition) is 0. The molecule has 2 aromatic rings. The van der Waals surface area contributed by atoms with Crippen molar-refractivity contribution in [3.63, 3.8) is 0 Å². The van der Waals surface area contributed by atoms with Crippen LogP contribution in [-0.4, -0.2) is 13.2 Å². The first kappa shape index (κ1) is 15.9. The van der Waals surface area contributed by atoms with Crippen molar-refractivity contribution in [3.8, 4) is 5.75 Å². The molecule has 0 aliphatic carbocycles. The van der Waals surface area contributed by atoms with E-state index in [0.717, 1.165) is 17.2 Å². The molecule has 0 aliphatic heterocycles. The SMILES string of the molecule is Cc1ccc(COCCCOc2ccc(Cl)cc2)c(C)c1. The molecule has 2 nitrogen and oxygen atoms in total. The van der Waals surface area contributed by atoms with E-state index in [0.29, 0.717) is 19.8 Å². The molecule has 0 heterocycles. The van der Waals surface area contributed by atoms with Gasteiger partial charge in [0, 0.05) is 11.4 Å². The smallest absolute Gasteiger partial charge is 0.119 e. The summed E-state index contributed by atoms with van der Waals surface area (Å²) in [6, 6.07) is 13.8. The van der Waals surface area contributed by atoms with Gasteiger partial charge in [-0.25, -0.2) is 0 Å². The maximum atomic E-state index is 5.82. The highest BCUT2D eigenvalue weighted by Crippen LogP contribution is 2.15. The molecule has 0 N–H and O–H groups in total. The lowest BCUT2D eigenvalue weighted by atomic mass is 10.1. The van der Waals surface area contributed by atoms with Crippen LogP contribution < -0.4 is 4.74 Å². The van der Waals surface area contributed by atoms with Crippen molar-refractivity contribution >= 4 is 11.6 Å². The van der Waals surface area contributed by atoms with Crippen molar-refractivity contribution in [2.24, 2.45) is 0 Å². The number of rotatable bonds is 7. The molecule has 2 rings (SSSR count). The molecule has 0 amide bonds. The quantitative estimate of drug-likeness (QED) is 0.674. The van der Waals surface area contributed by atoms with E-state index in [9.17, 15) is 0 Å². The lowest BCUT2D eigenvalue weighted by molar-refractivity contribution is 0.107. The summed E-state index contributed by atoms with van der Waals surface area (Å²) in [5, 5.41) is 0.721. The van der Waals surface area contributed by atoms with E-state index in [1.54, 1.807) is 0 Å². The van der Waals surface area contributed by atoms with Crippen molar-refractivity contribution in [1.29, 1.82) is 0 Å². The Kier molecular flexibility index (Phi) is 6.09. The van der Waals surface area contributed by atoms with Gasteiger partial charge < -0.3 is 9.47 Å². The maximum absolute atomic E-state index is 5.82. The molecule has 0 radical (unpaired) electrons. The van der Waals surface area contributed by atoms with E-state index in [1.807, 2.05) is 24.3 Å². The summed E-state index contributed by atoms with van der Waals surface area (Å²) in [5.74, 6) is 0.841. The third-order valence-electron chi connectivity index (χ3n) is 3.27. The van der Waals surface area contributed by atoms with Gasteiger partial charge in [-0.15, -0.1) is 0 Å². The molecular weight excluding hydrogens is 284 g/mol. The van der Waals surface area contributed by atoms with E-state index >= 15 is 0 Å². The highest BCUT2D eigenvalue weighted by atomic mass is 35.5. The Morgan fingerprint density at radius 1 is 0.952 bits per heavy atom. The van der Waals surface area contributed by atoms with Crippen LogP contribution >= 0.6 is 11.6 Å². The second-order valence-corrected chi connectivity index (χ2v) is 5.57. The molecule has 112 valence electrons. The summed E-state index contributed by atoms with van der Waals surface area (Å²) in [6.45, 7) is 6.23. The van der Waals surface area contributed by atoms with E-state index in [4.69, 9.17) is 21.1 Å². The minimum Gasteiger partial charge on any atom is -0.494 e. The van der Waals surface area contributed by atoms with E-state index in [-0.39, 0.29) is 0 Å². The lowest BCUT2D eigenvalue weighted by Crippen LogP contribution is -2.04. The van der Waals surface area contributed by atoms with Gasteiger partial charge in [0.2, 0.25) is 0 Å². The van der Waals surface area contributed by atoms with E-state index in [2.05, 4.69) is 32.0 Å². The lowest BCUT2D eigenvalue weighted by Gasteiger charge is -2.09. The highest BCUT2D eigenvalue weighted by Gasteiger charge is 1.99. The molecule has 0 saturated heterocycles. The van der Waals surface area contributed by atoms with Crippen LogP contribution in [0.25, 0.3) is 0 Å².